The van der Waals surface area contributed by atoms with Gasteiger partial charge in [-0.1, -0.05) is 48.5 Å². The van der Waals surface area contributed by atoms with Gasteiger partial charge in [0, 0.05) is 47.2 Å². The van der Waals surface area contributed by atoms with E-state index in [1.165, 1.54) is 0 Å². The first-order chi connectivity index (χ1) is 37.5. The van der Waals surface area contributed by atoms with Crippen LogP contribution < -0.4 is 18.9 Å². The number of hydrogen-bond acceptors (Lipinski definition) is 20. The first-order valence-electron chi connectivity index (χ1n) is 26.3. The molecular formula is C56H76O20. The summed E-state index contributed by atoms with van der Waals surface area (Å²) in [5, 5.41) is 3.62. The quantitative estimate of drug-likeness (QED) is 0.133. The van der Waals surface area contributed by atoms with Crippen molar-refractivity contribution in [3.8, 4) is 23.0 Å². The smallest absolute Gasteiger partial charge is 0.305 e. The summed E-state index contributed by atoms with van der Waals surface area (Å²) in [6, 6.07) is 23.1. The molecule has 0 saturated heterocycles. The van der Waals surface area contributed by atoms with Gasteiger partial charge in [0.2, 0.25) is 0 Å². The van der Waals surface area contributed by atoms with Crippen LogP contribution in [0.2, 0.25) is 0 Å². The normalized spacial score (nSPS) is 19.5. The van der Waals surface area contributed by atoms with E-state index in [4.69, 9.17) is 75.8 Å². The maximum absolute atomic E-state index is 12.1. The van der Waals surface area contributed by atoms with Crippen LogP contribution in [0, 0.1) is 0 Å². The zero-order valence-corrected chi connectivity index (χ0v) is 43.7. The number of benzene rings is 4. The van der Waals surface area contributed by atoms with Crippen LogP contribution in [0.15, 0.2) is 72.8 Å². The Morgan fingerprint density at radius 3 is 0.579 bits per heavy atom. The summed E-state index contributed by atoms with van der Waals surface area (Å²) in [5.41, 5.74) is 0. The van der Waals surface area contributed by atoms with Gasteiger partial charge >= 0.3 is 23.9 Å². The van der Waals surface area contributed by atoms with Crippen molar-refractivity contribution in [2.75, 3.05) is 159 Å². The summed E-state index contributed by atoms with van der Waals surface area (Å²) >= 11 is 0. The van der Waals surface area contributed by atoms with Crippen molar-refractivity contribution in [2.45, 2.75) is 51.4 Å². The maximum Gasteiger partial charge on any atom is 0.305 e. The number of cyclic esters (lactones) is 4. The molecule has 0 spiro atoms. The van der Waals surface area contributed by atoms with Crippen molar-refractivity contribution in [3.05, 3.63) is 72.8 Å². The zero-order valence-electron chi connectivity index (χ0n) is 43.7. The van der Waals surface area contributed by atoms with Gasteiger partial charge in [-0.3, -0.25) is 19.2 Å². The molecule has 0 unspecified atom stereocenters. The average Bonchev–Trinajstić information content (AvgIpc) is 3.43. The molecule has 1 aliphatic heterocycles. The van der Waals surface area contributed by atoms with E-state index >= 15 is 0 Å². The lowest BCUT2D eigenvalue weighted by molar-refractivity contribution is -0.147. The van der Waals surface area contributed by atoms with Crippen LogP contribution in [0.3, 0.4) is 0 Å². The highest BCUT2D eigenvalue weighted by Gasteiger charge is 2.12. The van der Waals surface area contributed by atoms with Gasteiger partial charge in [0.25, 0.3) is 0 Å². The molecule has 1 aliphatic rings. The van der Waals surface area contributed by atoms with Gasteiger partial charge in [0.05, 0.1) is 106 Å². The molecule has 0 fully saturated rings. The molecule has 1 heterocycles. The third kappa shape index (κ3) is 26.3. The van der Waals surface area contributed by atoms with Gasteiger partial charge in [0.15, 0.2) is 0 Å². The van der Waals surface area contributed by atoms with Crippen LogP contribution in [-0.4, -0.2) is 182 Å². The molecule has 4 aromatic carbocycles. The molecular weight excluding hydrogens is 993 g/mol. The second-order valence-corrected chi connectivity index (χ2v) is 16.8. The number of carbonyl (C=O) groups is 4. The van der Waals surface area contributed by atoms with E-state index in [2.05, 4.69) is 0 Å². The fourth-order valence-corrected chi connectivity index (χ4v) is 7.36. The van der Waals surface area contributed by atoms with Gasteiger partial charge in [0.1, 0.15) is 75.9 Å². The fourth-order valence-electron chi connectivity index (χ4n) is 7.36. The lowest BCUT2D eigenvalue weighted by Crippen LogP contribution is -2.15. The van der Waals surface area contributed by atoms with E-state index in [-0.39, 0.29) is 102 Å². The molecule has 0 saturated carbocycles. The second kappa shape index (κ2) is 39.5. The molecule has 20 heteroatoms. The van der Waals surface area contributed by atoms with E-state index in [1.54, 1.807) is 0 Å². The highest BCUT2D eigenvalue weighted by molar-refractivity contribution is 5.94. The van der Waals surface area contributed by atoms with Crippen LogP contribution in [-0.2, 0) is 76.0 Å². The van der Waals surface area contributed by atoms with Crippen molar-refractivity contribution in [1.82, 2.24) is 0 Å². The van der Waals surface area contributed by atoms with Gasteiger partial charge < -0.3 is 75.8 Å². The summed E-state index contributed by atoms with van der Waals surface area (Å²) in [6.07, 6.45) is 2.78. The van der Waals surface area contributed by atoms with Gasteiger partial charge in [-0.2, -0.15) is 0 Å². The highest BCUT2D eigenvalue weighted by Crippen LogP contribution is 2.33. The van der Waals surface area contributed by atoms with Crippen LogP contribution >= 0.6 is 0 Å². The summed E-state index contributed by atoms with van der Waals surface area (Å²) < 4.78 is 89.7. The van der Waals surface area contributed by atoms with E-state index in [0.29, 0.717) is 154 Å². The third-order valence-electron chi connectivity index (χ3n) is 11.1. The number of rotatable bonds is 0. The first-order valence-corrected chi connectivity index (χ1v) is 26.3. The molecule has 0 aromatic heterocycles. The molecule has 420 valence electrons. The molecule has 5 rings (SSSR count). The number of ether oxygens (including phenoxy) is 16. The van der Waals surface area contributed by atoms with Crippen LogP contribution in [0.4, 0.5) is 0 Å². The lowest BCUT2D eigenvalue weighted by Gasteiger charge is -2.13. The Hall–Kier alpha value is -5.84. The molecule has 76 heavy (non-hydrogen) atoms. The Morgan fingerprint density at radius 1 is 0.211 bits per heavy atom. The fraction of sp³-hybridized carbons (Fsp3) is 0.571. The Balaban J connectivity index is 0.952. The Labute approximate surface area is 444 Å². The second-order valence-electron chi connectivity index (χ2n) is 16.8. The molecule has 0 radical (unpaired) electrons. The monoisotopic (exact) mass is 1070 g/mol. The molecule has 0 aliphatic carbocycles. The minimum absolute atomic E-state index is 0.126. The van der Waals surface area contributed by atoms with Crippen molar-refractivity contribution >= 4 is 45.4 Å². The predicted molar refractivity (Wildman–Crippen MR) is 277 cm³/mol. The largest absolute Gasteiger partial charge is 0.491 e. The van der Waals surface area contributed by atoms with Crippen molar-refractivity contribution in [2.24, 2.45) is 0 Å². The first kappa shape index (κ1) is 61.0. The number of carbonyl (C=O) groups excluding carboxylic acids is 4. The van der Waals surface area contributed by atoms with Crippen LogP contribution in [0.25, 0.3) is 21.5 Å². The Bertz CT molecular complexity index is 1930. The van der Waals surface area contributed by atoms with E-state index < -0.39 is 0 Å². The van der Waals surface area contributed by atoms with Gasteiger partial charge in [-0.15, -0.1) is 0 Å². The van der Waals surface area contributed by atoms with E-state index in [1.807, 2.05) is 72.8 Å². The van der Waals surface area contributed by atoms with Gasteiger partial charge in [-0.05, 0) is 49.9 Å². The van der Waals surface area contributed by atoms with Gasteiger partial charge in [-0.25, -0.2) is 0 Å². The lowest BCUT2D eigenvalue weighted by atomic mass is 10.1. The minimum atomic E-state index is -0.351. The Kier molecular flexibility index (Phi) is 31.7. The van der Waals surface area contributed by atoms with Crippen molar-refractivity contribution < 1.29 is 95.0 Å². The highest BCUT2D eigenvalue weighted by atomic mass is 16.6. The maximum atomic E-state index is 12.1. The average molecular weight is 1070 g/mol. The van der Waals surface area contributed by atoms with Crippen LogP contribution in [0.5, 0.6) is 23.0 Å². The minimum Gasteiger partial charge on any atom is -0.491 e. The number of esters is 4. The molecule has 0 amide bonds. The number of hydrogen-bond donors (Lipinski definition) is 0. The van der Waals surface area contributed by atoms with Crippen LogP contribution in [0.1, 0.15) is 51.4 Å². The van der Waals surface area contributed by atoms with Crippen molar-refractivity contribution in [3.63, 3.8) is 0 Å². The topological polar surface area (TPSA) is 216 Å². The van der Waals surface area contributed by atoms with Crippen molar-refractivity contribution in [1.29, 1.82) is 0 Å². The standard InChI is InChI=1S/C56H76O20/c57-53-17-1-2-18-54(58)74-42-34-66-26-22-62-30-38-70-50-14-7-12-48-47(50)11-8-16-52(48)72-40-32-64-24-28-68-36-44-76-56(60)20-4-3-19-55(59)75-43-35-67-27-23-63-31-39-71-51-15-6-9-45-46(51)10-5-13-49(45)69-37-29-61-21-25-65-33-41-73-53/h5-16H,1-4,17-44H2. The third-order valence-corrected chi connectivity index (χ3v) is 11.1. The Morgan fingerprint density at radius 2 is 0.382 bits per heavy atom. The summed E-state index contributed by atoms with van der Waals surface area (Å²) in [7, 11) is 0. The zero-order chi connectivity index (χ0) is 53.4. The van der Waals surface area contributed by atoms with E-state index in [0.717, 1.165) is 21.5 Å². The molecule has 20 nitrogen and oxygen atoms in total. The summed E-state index contributed by atoms with van der Waals surface area (Å²) in [4.78, 5) is 48.4. The van der Waals surface area contributed by atoms with E-state index in [9.17, 15) is 19.2 Å². The molecule has 0 atom stereocenters. The predicted octanol–water partition coefficient (Wildman–Crippen LogP) is 6.65. The molecule has 8 bridgehead atoms. The summed E-state index contributed by atoms with van der Waals surface area (Å²) in [6.45, 7) is 6.95. The summed E-state index contributed by atoms with van der Waals surface area (Å²) in [5.74, 6) is 1.42. The molecule has 0 N–H and O–H groups in total. The SMILES string of the molecule is O=C1CCCCC(=O)OCCOCCOCCOc2cccc3c(cccc23)OCCOCCOCCOC(=O)CCCCC(=O)OCCOCCOCCOc2cccc3c(cccc23)OCCOCCOCCO1. The molecule has 4 aromatic rings.